The molecule has 0 saturated heterocycles. The van der Waals surface area contributed by atoms with Crippen molar-refractivity contribution in [3.63, 3.8) is 0 Å². The lowest BCUT2D eigenvalue weighted by molar-refractivity contribution is 0.0520. The molecule has 0 aliphatic carbocycles. The van der Waals surface area contributed by atoms with E-state index >= 15 is 0 Å². The zero-order valence-electron chi connectivity index (χ0n) is 15.6. The number of nitrogens with two attached hydrogens (primary N) is 1. The standard InChI is InChI=1S/C21H23ClN2O3/c1-21(2,3)27-20(25)24-12-17-11-15-8-14(10-18(22)19(15)26-17)7-13-5-4-6-16(23)9-13/h4-6,8-11H,7,12,23H2,1-3H3,(H,24,25). The Hall–Kier alpha value is -2.66. The Bertz CT molecular complexity index is 973. The fourth-order valence-corrected chi connectivity index (χ4v) is 3.11. The normalized spacial score (nSPS) is 11.6. The summed E-state index contributed by atoms with van der Waals surface area (Å²) in [5.74, 6) is 0.610. The number of fused-ring (bicyclic) bond motifs is 1. The van der Waals surface area contributed by atoms with Gasteiger partial charge < -0.3 is 20.2 Å². The van der Waals surface area contributed by atoms with Crippen molar-refractivity contribution in [3.8, 4) is 0 Å². The molecular formula is C21H23ClN2O3. The highest BCUT2D eigenvalue weighted by molar-refractivity contribution is 6.34. The van der Waals surface area contributed by atoms with E-state index in [-0.39, 0.29) is 6.54 Å². The van der Waals surface area contributed by atoms with E-state index in [1.165, 1.54) is 0 Å². The zero-order chi connectivity index (χ0) is 19.6. The lowest BCUT2D eigenvalue weighted by atomic mass is 10.0. The van der Waals surface area contributed by atoms with Gasteiger partial charge in [-0.3, -0.25) is 0 Å². The minimum absolute atomic E-state index is 0.227. The molecule has 0 spiro atoms. The number of amides is 1. The Morgan fingerprint density at radius 2 is 1.96 bits per heavy atom. The predicted octanol–water partition coefficient (Wildman–Crippen LogP) is 5.28. The van der Waals surface area contributed by atoms with Crippen molar-refractivity contribution >= 4 is 34.4 Å². The first-order valence-electron chi connectivity index (χ1n) is 8.72. The summed E-state index contributed by atoms with van der Waals surface area (Å²) >= 11 is 6.39. The Kier molecular flexibility index (Phi) is 5.33. The monoisotopic (exact) mass is 386 g/mol. The number of anilines is 1. The van der Waals surface area contributed by atoms with Crippen molar-refractivity contribution in [2.75, 3.05) is 5.73 Å². The minimum atomic E-state index is -0.545. The number of carbonyl (C=O) groups excluding carboxylic acids is 1. The summed E-state index contributed by atoms with van der Waals surface area (Å²) in [5.41, 5.74) is 8.81. The second kappa shape index (κ2) is 7.53. The quantitative estimate of drug-likeness (QED) is 0.597. The summed E-state index contributed by atoms with van der Waals surface area (Å²) in [6.07, 6.45) is 0.230. The topological polar surface area (TPSA) is 77.5 Å². The molecule has 0 fully saturated rings. The average Bonchev–Trinajstić information content (AvgIpc) is 2.95. The fourth-order valence-electron chi connectivity index (χ4n) is 2.82. The van der Waals surface area contributed by atoms with Crippen LogP contribution in [0.15, 0.2) is 46.9 Å². The molecule has 2 aromatic carbocycles. The molecule has 0 bridgehead atoms. The SMILES string of the molecule is CC(C)(C)OC(=O)NCc1cc2cc(Cc3cccc(N)c3)cc(Cl)c2o1. The van der Waals surface area contributed by atoms with E-state index in [2.05, 4.69) is 5.32 Å². The zero-order valence-corrected chi connectivity index (χ0v) is 16.4. The smallest absolute Gasteiger partial charge is 0.408 e. The number of benzene rings is 2. The second-order valence-corrected chi connectivity index (χ2v) is 7.89. The third-order valence-electron chi connectivity index (χ3n) is 3.85. The van der Waals surface area contributed by atoms with Crippen LogP contribution in [-0.2, 0) is 17.7 Å². The van der Waals surface area contributed by atoms with Crippen molar-refractivity contribution in [2.45, 2.75) is 39.3 Å². The van der Waals surface area contributed by atoms with Gasteiger partial charge >= 0.3 is 6.09 Å². The van der Waals surface area contributed by atoms with E-state index in [4.69, 9.17) is 26.5 Å². The highest BCUT2D eigenvalue weighted by atomic mass is 35.5. The number of carbonyl (C=O) groups is 1. The summed E-state index contributed by atoms with van der Waals surface area (Å²) in [7, 11) is 0. The van der Waals surface area contributed by atoms with Crippen LogP contribution in [0.4, 0.5) is 10.5 Å². The van der Waals surface area contributed by atoms with E-state index in [1.54, 1.807) is 0 Å². The fraction of sp³-hybridized carbons (Fsp3) is 0.286. The van der Waals surface area contributed by atoms with Gasteiger partial charge in [-0.2, -0.15) is 0 Å². The summed E-state index contributed by atoms with van der Waals surface area (Å²) < 4.78 is 11.0. The molecule has 6 heteroatoms. The summed E-state index contributed by atoms with van der Waals surface area (Å²) in [5, 5.41) is 4.11. The molecule has 3 aromatic rings. The molecule has 3 rings (SSSR count). The molecular weight excluding hydrogens is 364 g/mol. The molecule has 3 N–H and O–H groups in total. The highest BCUT2D eigenvalue weighted by Gasteiger charge is 2.17. The number of furan rings is 1. The van der Waals surface area contributed by atoms with Gasteiger partial charge in [0.25, 0.3) is 0 Å². The maximum atomic E-state index is 11.8. The van der Waals surface area contributed by atoms with Crippen molar-refractivity contribution in [1.29, 1.82) is 0 Å². The molecule has 0 radical (unpaired) electrons. The van der Waals surface area contributed by atoms with Crippen LogP contribution in [0.3, 0.4) is 0 Å². The van der Waals surface area contributed by atoms with Gasteiger partial charge in [0.2, 0.25) is 0 Å². The Morgan fingerprint density at radius 1 is 1.19 bits per heavy atom. The molecule has 0 aliphatic heterocycles. The van der Waals surface area contributed by atoms with Gasteiger partial charge in [0.15, 0.2) is 5.58 Å². The predicted molar refractivity (Wildman–Crippen MR) is 108 cm³/mol. The van der Waals surface area contributed by atoms with Crippen molar-refractivity contribution in [1.82, 2.24) is 5.32 Å². The largest absolute Gasteiger partial charge is 0.458 e. The average molecular weight is 387 g/mol. The van der Waals surface area contributed by atoms with Crippen molar-refractivity contribution in [2.24, 2.45) is 0 Å². The van der Waals surface area contributed by atoms with Crippen molar-refractivity contribution < 1.29 is 13.9 Å². The van der Waals surface area contributed by atoms with Gasteiger partial charge in [-0.15, -0.1) is 0 Å². The van der Waals surface area contributed by atoms with Gasteiger partial charge in [-0.05, 0) is 68.7 Å². The summed E-state index contributed by atoms with van der Waals surface area (Å²) in [4.78, 5) is 11.8. The highest BCUT2D eigenvalue weighted by Crippen LogP contribution is 2.29. The molecule has 0 aliphatic rings. The number of hydrogen-bond donors (Lipinski definition) is 2. The Balaban J connectivity index is 1.75. The van der Waals surface area contributed by atoms with E-state index in [9.17, 15) is 4.79 Å². The lowest BCUT2D eigenvalue weighted by Gasteiger charge is -2.19. The van der Waals surface area contributed by atoms with E-state index in [0.29, 0.717) is 16.4 Å². The van der Waals surface area contributed by atoms with Crippen LogP contribution in [0.25, 0.3) is 11.0 Å². The van der Waals surface area contributed by atoms with Crippen LogP contribution < -0.4 is 11.1 Å². The van der Waals surface area contributed by atoms with Gasteiger partial charge in [0.1, 0.15) is 11.4 Å². The van der Waals surface area contributed by atoms with Crippen molar-refractivity contribution in [3.05, 3.63) is 64.4 Å². The summed E-state index contributed by atoms with van der Waals surface area (Å²) in [6.45, 7) is 5.67. The van der Waals surface area contributed by atoms with Gasteiger partial charge in [0.05, 0.1) is 11.6 Å². The van der Waals surface area contributed by atoms with Gasteiger partial charge in [-0.1, -0.05) is 23.7 Å². The Morgan fingerprint density at radius 3 is 2.67 bits per heavy atom. The summed E-state index contributed by atoms with van der Waals surface area (Å²) in [6, 6.07) is 13.6. The first kappa shape index (κ1) is 19.1. The number of alkyl carbamates (subject to hydrolysis) is 1. The number of ether oxygens (including phenoxy) is 1. The molecule has 1 heterocycles. The van der Waals surface area contributed by atoms with E-state index in [1.807, 2.05) is 63.2 Å². The van der Waals surface area contributed by atoms with Crippen LogP contribution in [-0.4, -0.2) is 11.7 Å². The number of nitrogens with one attached hydrogen (secondary N) is 1. The molecule has 0 saturated carbocycles. The van der Waals surface area contributed by atoms with E-state index < -0.39 is 11.7 Å². The molecule has 1 amide bonds. The number of rotatable bonds is 4. The third kappa shape index (κ3) is 5.17. The van der Waals surface area contributed by atoms with Gasteiger partial charge in [-0.25, -0.2) is 4.79 Å². The second-order valence-electron chi connectivity index (χ2n) is 7.49. The number of hydrogen-bond acceptors (Lipinski definition) is 4. The molecule has 27 heavy (non-hydrogen) atoms. The molecule has 5 nitrogen and oxygen atoms in total. The van der Waals surface area contributed by atoms with Crippen LogP contribution in [0, 0.1) is 0 Å². The molecule has 142 valence electrons. The van der Waals surface area contributed by atoms with Crippen LogP contribution >= 0.6 is 11.6 Å². The maximum absolute atomic E-state index is 11.8. The first-order valence-corrected chi connectivity index (χ1v) is 9.09. The minimum Gasteiger partial charge on any atom is -0.458 e. The molecule has 0 atom stereocenters. The third-order valence-corrected chi connectivity index (χ3v) is 4.13. The maximum Gasteiger partial charge on any atom is 0.408 e. The first-order chi connectivity index (χ1) is 12.7. The number of nitrogen functional groups attached to an aromatic ring is 1. The number of halogens is 1. The van der Waals surface area contributed by atoms with Crippen LogP contribution in [0.5, 0.6) is 0 Å². The lowest BCUT2D eigenvalue weighted by Crippen LogP contribution is -2.32. The van der Waals surface area contributed by atoms with Crippen LogP contribution in [0.2, 0.25) is 5.02 Å². The van der Waals surface area contributed by atoms with Gasteiger partial charge in [0, 0.05) is 11.1 Å². The van der Waals surface area contributed by atoms with E-state index in [0.717, 1.165) is 28.6 Å². The van der Waals surface area contributed by atoms with Crippen LogP contribution in [0.1, 0.15) is 37.7 Å². The molecule has 0 unspecified atom stereocenters. The molecule has 1 aromatic heterocycles. The Labute approximate surface area is 163 Å².